The first kappa shape index (κ1) is 19.6. The van der Waals surface area contributed by atoms with Crippen LogP contribution in [0.15, 0.2) is 0 Å². The lowest BCUT2D eigenvalue weighted by Gasteiger charge is -2.42. The smallest absolute Gasteiger partial charge is 0.150 e. The highest BCUT2D eigenvalue weighted by atomic mass is 17.2. The van der Waals surface area contributed by atoms with E-state index in [1.807, 2.05) is 13.8 Å². The van der Waals surface area contributed by atoms with Crippen LogP contribution in [-0.4, -0.2) is 45.3 Å². The minimum atomic E-state index is -0.897. The van der Waals surface area contributed by atoms with Crippen LogP contribution in [0.4, 0.5) is 0 Å². The normalized spacial score (nSPS) is 50.2. The lowest BCUT2D eigenvalue weighted by Crippen LogP contribution is -2.53. The predicted octanol–water partition coefficient (Wildman–Crippen LogP) is 3.22. The molecule has 0 amide bonds. The number of hydrogen-bond acceptors (Lipinski definition) is 5. The van der Waals surface area contributed by atoms with E-state index in [1.165, 1.54) is 0 Å². The van der Waals surface area contributed by atoms with E-state index in [4.69, 9.17) is 14.5 Å². The average molecular weight is 357 g/mol. The second-order valence-electron chi connectivity index (χ2n) is 9.71. The summed E-state index contributed by atoms with van der Waals surface area (Å²) in [5.41, 5.74) is -1.97. The molecule has 146 valence electrons. The topological polar surface area (TPSA) is 68.2 Å². The van der Waals surface area contributed by atoms with Crippen molar-refractivity contribution < 1.29 is 24.7 Å². The first-order chi connectivity index (χ1) is 11.5. The second-order valence-corrected chi connectivity index (χ2v) is 9.71. The highest BCUT2D eigenvalue weighted by Gasteiger charge is 2.67. The highest BCUT2D eigenvalue weighted by Crippen LogP contribution is 2.55. The van der Waals surface area contributed by atoms with Gasteiger partial charge in [0.1, 0.15) is 17.8 Å². The highest BCUT2D eigenvalue weighted by molar-refractivity contribution is 5.15. The van der Waals surface area contributed by atoms with Crippen LogP contribution in [0.3, 0.4) is 0 Å². The first-order valence-electron chi connectivity index (χ1n) is 9.94. The molecule has 2 bridgehead atoms. The van der Waals surface area contributed by atoms with E-state index in [0.717, 1.165) is 25.7 Å². The molecule has 0 spiro atoms. The Morgan fingerprint density at radius 2 is 1.72 bits per heavy atom. The Bertz CT molecular complexity index is 490. The first-order valence-corrected chi connectivity index (χ1v) is 9.94. The Kier molecular flexibility index (Phi) is 5.05. The van der Waals surface area contributed by atoms with Crippen molar-refractivity contribution >= 4 is 0 Å². The summed E-state index contributed by atoms with van der Waals surface area (Å²) in [5, 5.41) is 21.6. The minimum Gasteiger partial charge on any atom is -0.387 e. The molecular formula is C20H36O5. The molecule has 2 heterocycles. The SMILES string of the molecule is CC(C)C1CCC(C)(O)C(OOC2C(O)C3(C(C)C)CCC2(C)O3)C1. The van der Waals surface area contributed by atoms with E-state index in [-0.39, 0.29) is 12.0 Å². The molecule has 3 fully saturated rings. The summed E-state index contributed by atoms with van der Waals surface area (Å²) >= 11 is 0. The molecule has 0 aromatic rings. The van der Waals surface area contributed by atoms with E-state index in [2.05, 4.69) is 27.7 Å². The standard InChI is InChI=1S/C20H36O5/c1-12(2)14-7-8-18(5,22)15(11-14)23-24-17-16(21)20(13(3)4)10-9-19(17,6)25-20/h12-17,21-22H,7-11H2,1-6H3. The molecule has 2 saturated heterocycles. The third-order valence-corrected chi connectivity index (χ3v) is 7.25. The molecule has 1 saturated carbocycles. The van der Waals surface area contributed by atoms with Crippen molar-refractivity contribution in [3.05, 3.63) is 0 Å². The van der Waals surface area contributed by atoms with Gasteiger partial charge in [-0.05, 0) is 63.7 Å². The summed E-state index contributed by atoms with van der Waals surface area (Å²) in [6, 6.07) is 0. The molecule has 1 aliphatic carbocycles. The van der Waals surface area contributed by atoms with E-state index < -0.39 is 29.0 Å². The zero-order valence-electron chi connectivity index (χ0n) is 16.6. The van der Waals surface area contributed by atoms with Crippen LogP contribution in [-0.2, 0) is 14.5 Å². The van der Waals surface area contributed by atoms with Gasteiger partial charge >= 0.3 is 0 Å². The fraction of sp³-hybridized carbons (Fsp3) is 1.00. The van der Waals surface area contributed by atoms with E-state index >= 15 is 0 Å². The quantitative estimate of drug-likeness (QED) is 0.585. The van der Waals surface area contributed by atoms with Crippen LogP contribution in [0.25, 0.3) is 0 Å². The molecule has 0 aromatic carbocycles. The summed E-state index contributed by atoms with van der Waals surface area (Å²) in [6.45, 7) is 12.4. The van der Waals surface area contributed by atoms with E-state index in [9.17, 15) is 10.2 Å². The summed E-state index contributed by atoms with van der Waals surface area (Å²) in [7, 11) is 0. The van der Waals surface area contributed by atoms with Crippen molar-refractivity contribution in [2.24, 2.45) is 17.8 Å². The molecule has 5 nitrogen and oxygen atoms in total. The molecule has 5 heteroatoms. The largest absolute Gasteiger partial charge is 0.387 e. The number of ether oxygens (including phenoxy) is 1. The maximum absolute atomic E-state index is 10.9. The van der Waals surface area contributed by atoms with Crippen LogP contribution >= 0.6 is 0 Å². The maximum Gasteiger partial charge on any atom is 0.150 e. The van der Waals surface area contributed by atoms with E-state index in [0.29, 0.717) is 18.3 Å². The van der Waals surface area contributed by atoms with Gasteiger partial charge in [0, 0.05) is 0 Å². The number of aliphatic hydroxyl groups excluding tert-OH is 1. The zero-order chi connectivity index (χ0) is 18.6. The molecule has 2 aliphatic heterocycles. The van der Waals surface area contributed by atoms with Crippen LogP contribution in [0.2, 0.25) is 0 Å². The fourth-order valence-electron chi connectivity index (χ4n) is 5.04. The van der Waals surface area contributed by atoms with Crippen LogP contribution in [0, 0.1) is 17.8 Å². The number of fused-ring (bicyclic) bond motifs is 2. The maximum atomic E-state index is 10.9. The molecule has 7 atom stereocenters. The summed E-state index contributed by atoms with van der Waals surface area (Å²) in [4.78, 5) is 11.6. The summed E-state index contributed by atoms with van der Waals surface area (Å²) in [5.74, 6) is 1.29. The molecular weight excluding hydrogens is 320 g/mol. The van der Waals surface area contributed by atoms with Crippen LogP contribution < -0.4 is 0 Å². The van der Waals surface area contributed by atoms with Gasteiger partial charge in [-0.25, -0.2) is 9.78 Å². The number of rotatable bonds is 5. The third-order valence-electron chi connectivity index (χ3n) is 7.25. The average Bonchev–Trinajstić information content (AvgIpc) is 2.97. The Labute approximate surface area is 152 Å². The van der Waals surface area contributed by atoms with Crippen LogP contribution in [0.5, 0.6) is 0 Å². The molecule has 0 aromatic heterocycles. The van der Waals surface area contributed by atoms with Gasteiger partial charge < -0.3 is 14.9 Å². The minimum absolute atomic E-state index is 0.209. The Balaban J connectivity index is 1.68. The van der Waals surface area contributed by atoms with E-state index in [1.54, 1.807) is 0 Å². The van der Waals surface area contributed by atoms with Crippen molar-refractivity contribution in [3.63, 3.8) is 0 Å². The molecule has 3 aliphatic rings. The summed E-state index contributed by atoms with van der Waals surface area (Å²) in [6.07, 6.45) is 2.60. The monoisotopic (exact) mass is 356 g/mol. The predicted molar refractivity (Wildman–Crippen MR) is 94.8 cm³/mol. The van der Waals surface area contributed by atoms with Gasteiger partial charge in [-0.15, -0.1) is 0 Å². The second kappa shape index (κ2) is 6.45. The van der Waals surface area contributed by atoms with Gasteiger partial charge in [0.05, 0.1) is 11.2 Å². The third kappa shape index (κ3) is 3.16. The number of hydrogen-bond donors (Lipinski definition) is 2. The van der Waals surface area contributed by atoms with Gasteiger partial charge in [-0.3, -0.25) is 0 Å². The number of aliphatic hydroxyl groups is 2. The van der Waals surface area contributed by atoms with Crippen molar-refractivity contribution in [1.82, 2.24) is 0 Å². The van der Waals surface area contributed by atoms with Crippen molar-refractivity contribution in [3.8, 4) is 0 Å². The summed E-state index contributed by atoms with van der Waals surface area (Å²) < 4.78 is 6.27. The zero-order valence-corrected chi connectivity index (χ0v) is 16.6. The lowest BCUT2D eigenvalue weighted by atomic mass is 9.73. The van der Waals surface area contributed by atoms with Gasteiger partial charge in [-0.1, -0.05) is 27.7 Å². The van der Waals surface area contributed by atoms with Gasteiger partial charge in [0.25, 0.3) is 0 Å². The molecule has 3 rings (SSSR count). The molecule has 2 N–H and O–H groups in total. The fourth-order valence-corrected chi connectivity index (χ4v) is 5.04. The van der Waals surface area contributed by atoms with Crippen molar-refractivity contribution in [2.75, 3.05) is 0 Å². The molecule has 7 unspecified atom stereocenters. The Hall–Kier alpha value is -0.200. The van der Waals surface area contributed by atoms with Crippen LogP contribution in [0.1, 0.15) is 73.6 Å². The lowest BCUT2D eigenvalue weighted by molar-refractivity contribution is -0.398. The van der Waals surface area contributed by atoms with Gasteiger partial charge in [0.15, 0.2) is 6.10 Å². The van der Waals surface area contributed by atoms with Crippen molar-refractivity contribution in [1.29, 1.82) is 0 Å². The molecule has 25 heavy (non-hydrogen) atoms. The molecule has 0 radical (unpaired) electrons. The Morgan fingerprint density at radius 3 is 2.28 bits per heavy atom. The van der Waals surface area contributed by atoms with Gasteiger partial charge in [0.2, 0.25) is 0 Å². The van der Waals surface area contributed by atoms with Crippen molar-refractivity contribution in [2.45, 2.75) is 109 Å². The van der Waals surface area contributed by atoms with Gasteiger partial charge in [-0.2, -0.15) is 0 Å². The Morgan fingerprint density at radius 1 is 1.04 bits per heavy atom.